The van der Waals surface area contributed by atoms with Crippen LogP contribution in [0.3, 0.4) is 0 Å². The molecular formula is C19H23N3O3. The van der Waals surface area contributed by atoms with Crippen molar-refractivity contribution < 1.29 is 14.4 Å². The highest BCUT2D eigenvalue weighted by atomic mass is 16.2. The molecule has 0 atom stereocenters. The van der Waals surface area contributed by atoms with Crippen molar-refractivity contribution in [1.29, 1.82) is 0 Å². The molecule has 0 aliphatic carbocycles. The van der Waals surface area contributed by atoms with E-state index in [1.54, 1.807) is 30.5 Å². The molecule has 1 aromatic heterocycles. The van der Waals surface area contributed by atoms with Gasteiger partial charge in [-0.15, -0.1) is 0 Å². The van der Waals surface area contributed by atoms with Gasteiger partial charge in [0.2, 0.25) is 5.91 Å². The third-order valence-electron chi connectivity index (χ3n) is 3.83. The Hall–Kier alpha value is -2.89. The number of carbonyl (C=O) groups is 3. The van der Waals surface area contributed by atoms with Crippen molar-refractivity contribution in [1.82, 2.24) is 15.8 Å². The van der Waals surface area contributed by atoms with Crippen LogP contribution < -0.4 is 10.9 Å². The van der Waals surface area contributed by atoms with Gasteiger partial charge >= 0.3 is 0 Å². The fourth-order valence-corrected chi connectivity index (χ4v) is 2.34. The first-order valence-electron chi connectivity index (χ1n) is 8.45. The highest BCUT2D eigenvalue weighted by Gasteiger charge is 2.11. The zero-order chi connectivity index (χ0) is 18.1. The second-order valence-corrected chi connectivity index (χ2v) is 5.81. The van der Waals surface area contributed by atoms with Gasteiger partial charge in [-0.05, 0) is 30.5 Å². The summed E-state index contributed by atoms with van der Waals surface area (Å²) >= 11 is 0. The van der Waals surface area contributed by atoms with Crippen molar-refractivity contribution in [2.45, 2.75) is 39.0 Å². The molecule has 1 aromatic carbocycles. The second-order valence-electron chi connectivity index (χ2n) is 5.81. The molecule has 0 aliphatic heterocycles. The van der Waals surface area contributed by atoms with Gasteiger partial charge in [0, 0.05) is 24.6 Å². The maximum Gasteiger partial charge on any atom is 0.286 e. The fourth-order valence-electron chi connectivity index (χ4n) is 2.34. The van der Waals surface area contributed by atoms with Crippen LogP contribution in [0.1, 0.15) is 59.0 Å². The fraction of sp³-hybridized carbons (Fsp3) is 0.316. The number of carbonyl (C=O) groups excluding carboxylic acids is 3. The first-order chi connectivity index (χ1) is 12.1. The lowest BCUT2D eigenvalue weighted by Crippen LogP contribution is -2.41. The molecule has 2 aromatic rings. The number of aryl methyl sites for hydroxylation is 1. The molecule has 25 heavy (non-hydrogen) atoms. The van der Waals surface area contributed by atoms with Gasteiger partial charge in [0.25, 0.3) is 5.91 Å². The molecule has 0 saturated heterocycles. The van der Waals surface area contributed by atoms with Crippen LogP contribution in [-0.2, 0) is 11.2 Å². The SMILES string of the molecule is CCCCc1ccc(C(=O)CCC(=O)NNC(=O)c2ccc[nH]2)cc1. The lowest BCUT2D eigenvalue weighted by Gasteiger charge is -2.06. The number of rotatable bonds is 8. The normalized spacial score (nSPS) is 10.3. The Morgan fingerprint density at radius 3 is 2.40 bits per heavy atom. The van der Waals surface area contributed by atoms with Crippen LogP contribution in [0.25, 0.3) is 0 Å². The minimum atomic E-state index is -0.438. The van der Waals surface area contributed by atoms with Crippen molar-refractivity contribution in [3.05, 3.63) is 59.4 Å². The van der Waals surface area contributed by atoms with E-state index in [1.165, 1.54) is 5.56 Å². The molecule has 0 fully saturated rings. The number of Topliss-reactive ketones (excluding diaryl/α,β-unsaturated/α-hetero) is 1. The molecule has 6 nitrogen and oxygen atoms in total. The predicted octanol–water partition coefficient (Wildman–Crippen LogP) is 2.78. The number of hydrogen-bond donors (Lipinski definition) is 3. The zero-order valence-electron chi connectivity index (χ0n) is 14.3. The number of aromatic nitrogens is 1. The molecule has 0 saturated carbocycles. The van der Waals surface area contributed by atoms with E-state index in [-0.39, 0.29) is 18.6 Å². The second kappa shape index (κ2) is 9.42. The Morgan fingerprint density at radius 1 is 1.00 bits per heavy atom. The Balaban J connectivity index is 1.73. The molecule has 0 spiro atoms. The van der Waals surface area contributed by atoms with Crippen molar-refractivity contribution >= 4 is 17.6 Å². The topological polar surface area (TPSA) is 91.1 Å². The number of benzene rings is 1. The Kier molecular flexibility index (Phi) is 6.95. The Morgan fingerprint density at radius 2 is 1.76 bits per heavy atom. The summed E-state index contributed by atoms with van der Waals surface area (Å²) in [7, 11) is 0. The van der Waals surface area contributed by atoms with E-state index in [1.807, 2.05) is 12.1 Å². The van der Waals surface area contributed by atoms with E-state index in [4.69, 9.17) is 0 Å². The lowest BCUT2D eigenvalue weighted by molar-refractivity contribution is -0.121. The Bertz CT molecular complexity index is 706. The number of aromatic amines is 1. The third kappa shape index (κ3) is 5.91. The van der Waals surface area contributed by atoms with Gasteiger partial charge in [-0.2, -0.15) is 0 Å². The highest BCUT2D eigenvalue weighted by Crippen LogP contribution is 2.10. The number of unbranched alkanes of at least 4 members (excludes halogenated alkanes) is 1. The van der Waals surface area contributed by atoms with Crippen LogP contribution in [0.5, 0.6) is 0 Å². The summed E-state index contributed by atoms with van der Waals surface area (Å²) in [5, 5.41) is 0. The molecule has 2 rings (SSSR count). The van der Waals surface area contributed by atoms with E-state index in [0.717, 1.165) is 19.3 Å². The van der Waals surface area contributed by atoms with Crippen molar-refractivity contribution in [2.24, 2.45) is 0 Å². The van der Waals surface area contributed by atoms with Gasteiger partial charge < -0.3 is 4.98 Å². The number of nitrogens with one attached hydrogen (secondary N) is 3. The number of hydrazine groups is 1. The number of hydrogen-bond acceptors (Lipinski definition) is 3. The molecule has 132 valence electrons. The highest BCUT2D eigenvalue weighted by molar-refractivity contribution is 5.98. The van der Waals surface area contributed by atoms with Crippen LogP contribution in [0.15, 0.2) is 42.6 Å². The van der Waals surface area contributed by atoms with Gasteiger partial charge in [0.05, 0.1) is 0 Å². The monoisotopic (exact) mass is 341 g/mol. The van der Waals surface area contributed by atoms with E-state index >= 15 is 0 Å². The summed E-state index contributed by atoms with van der Waals surface area (Å²) < 4.78 is 0. The smallest absolute Gasteiger partial charge is 0.286 e. The van der Waals surface area contributed by atoms with Crippen molar-refractivity contribution in [3.63, 3.8) is 0 Å². The standard InChI is InChI=1S/C19H23N3O3/c1-2-3-5-14-7-9-15(10-8-14)17(23)11-12-18(24)21-22-19(25)16-6-4-13-20-16/h4,6-10,13,20H,2-3,5,11-12H2,1H3,(H,21,24)(H,22,25). The van der Waals surface area contributed by atoms with Gasteiger partial charge in [0.15, 0.2) is 5.78 Å². The minimum Gasteiger partial charge on any atom is -0.357 e. The summed E-state index contributed by atoms with van der Waals surface area (Å²) in [4.78, 5) is 38.2. The summed E-state index contributed by atoms with van der Waals surface area (Å²) in [6, 6.07) is 10.8. The molecule has 1 heterocycles. The first kappa shape index (κ1) is 18.4. The predicted molar refractivity (Wildman–Crippen MR) is 95.0 cm³/mol. The van der Waals surface area contributed by atoms with E-state index in [2.05, 4.69) is 22.8 Å². The average Bonchev–Trinajstić information content (AvgIpc) is 3.17. The first-order valence-corrected chi connectivity index (χ1v) is 8.45. The quantitative estimate of drug-likeness (QED) is 0.509. The number of ketones is 1. The molecule has 0 unspecified atom stereocenters. The van der Waals surface area contributed by atoms with Crippen molar-refractivity contribution in [2.75, 3.05) is 0 Å². The summed E-state index contributed by atoms with van der Waals surface area (Å²) in [6.45, 7) is 2.14. The molecule has 0 aliphatic rings. The number of H-pyrrole nitrogens is 1. The molecule has 0 bridgehead atoms. The zero-order valence-corrected chi connectivity index (χ0v) is 14.3. The van der Waals surface area contributed by atoms with Crippen LogP contribution in [-0.4, -0.2) is 22.6 Å². The van der Waals surface area contributed by atoms with Gasteiger partial charge in [-0.1, -0.05) is 37.6 Å². The van der Waals surface area contributed by atoms with Crippen molar-refractivity contribution in [3.8, 4) is 0 Å². The van der Waals surface area contributed by atoms with Crippen LogP contribution in [0.4, 0.5) is 0 Å². The van der Waals surface area contributed by atoms with E-state index in [0.29, 0.717) is 11.3 Å². The molecule has 6 heteroatoms. The van der Waals surface area contributed by atoms with Crippen LogP contribution in [0, 0.1) is 0 Å². The molecular weight excluding hydrogens is 318 g/mol. The van der Waals surface area contributed by atoms with Gasteiger partial charge in [0.1, 0.15) is 5.69 Å². The third-order valence-corrected chi connectivity index (χ3v) is 3.83. The van der Waals surface area contributed by atoms with Gasteiger partial charge in [-0.25, -0.2) is 0 Å². The maximum atomic E-state index is 12.1. The van der Waals surface area contributed by atoms with E-state index in [9.17, 15) is 14.4 Å². The molecule has 2 amide bonds. The summed E-state index contributed by atoms with van der Waals surface area (Å²) in [5.41, 5.74) is 6.75. The van der Waals surface area contributed by atoms with Crippen LogP contribution >= 0.6 is 0 Å². The summed E-state index contributed by atoms with van der Waals surface area (Å²) in [6.07, 6.45) is 4.99. The maximum absolute atomic E-state index is 12.1. The Labute approximate surface area is 147 Å². The number of amides is 2. The minimum absolute atomic E-state index is 0.0153. The molecule has 0 radical (unpaired) electrons. The van der Waals surface area contributed by atoms with E-state index < -0.39 is 11.8 Å². The average molecular weight is 341 g/mol. The molecule has 3 N–H and O–H groups in total. The largest absolute Gasteiger partial charge is 0.357 e. The van der Waals surface area contributed by atoms with Crippen LogP contribution in [0.2, 0.25) is 0 Å². The van der Waals surface area contributed by atoms with Gasteiger partial charge in [-0.3, -0.25) is 25.2 Å². The summed E-state index contributed by atoms with van der Waals surface area (Å²) in [5.74, 6) is -0.937. The lowest BCUT2D eigenvalue weighted by atomic mass is 10.0.